The number of carbonyl (C=O) groups is 1. The van der Waals surface area contributed by atoms with Crippen LogP contribution in [0.3, 0.4) is 0 Å². The van der Waals surface area contributed by atoms with Gasteiger partial charge in [0.05, 0.1) is 6.61 Å². The van der Waals surface area contributed by atoms with Crippen molar-refractivity contribution < 1.29 is 9.53 Å². The Labute approximate surface area is 120 Å². The molecule has 1 amide bonds. The molecule has 0 saturated heterocycles. The lowest BCUT2D eigenvalue weighted by Crippen LogP contribution is -2.39. The third-order valence-electron chi connectivity index (χ3n) is 3.61. The van der Waals surface area contributed by atoms with Crippen molar-refractivity contribution in [3.05, 3.63) is 23.8 Å². The summed E-state index contributed by atoms with van der Waals surface area (Å²) in [5, 5.41) is 0. The Morgan fingerprint density at radius 3 is 2.70 bits per heavy atom. The maximum atomic E-state index is 12.8. The van der Waals surface area contributed by atoms with Crippen molar-refractivity contribution in [2.24, 2.45) is 5.92 Å². The summed E-state index contributed by atoms with van der Waals surface area (Å²) in [7, 11) is 0. The number of hydrogen-bond acceptors (Lipinski definition) is 3. The second kappa shape index (κ2) is 6.16. The zero-order valence-corrected chi connectivity index (χ0v) is 12.6. The van der Waals surface area contributed by atoms with E-state index in [1.807, 2.05) is 37.8 Å². The summed E-state index contributed by atoms with van der Waals surface area (Å²) in [6, 6.07) is 5.54. The van der Waals surface area contributed by atoms with Gasteiger partial charge in [-0.05, 0) is 51.7 Å². The number of ether oxygens (including phenoxy) is 1. The fourth-order valence-corrected chi connectivity index (χ4v) is 2.30. The molecule has 0 aromatic heterocycles. The van der Waals surface area contributed by atoms with Gasteiger partial charge in [-0.2, -0.15) is 0 Å². The van der Waals surface area contributed by atoms with Crippen LogP contribution in [0.15, 0.2) is 18.2 Å². The molecule has 1 aliphatic rings. The van der Waals surface area contributed by atoms with E-state index in [2.05, 4.69) is 0 Å². The van der Waals surface area contributed by atoms with E-state index >= 15 is 0 Å². The molecule has 0 heterocycles. The second-order valence-electron chi connectivity index (χ2n) is 5.65. The minimum atomic E-state index is -0.0200. The molecule has 4 nitrogen and oxygen atoms in total. The van der Waals surface area contributed by atoms with E-state index in [4.69, 9.17) is 10.5 Å². The molecule has 0 spiro atoms. The summed E-state index contributed by atoms with van der Waals surface area (Å²) in [4.78, 5) is 14.7. The number of amides is 1. The largest absolute Gasteiger partial charge is 0.493 e. The maximum Gasteiger partial charge on any atom is 0.259 e. The highest BCUT2D eigenvalue weighted by Crippen LogP contribution is 2.32. The fraction of sp³-hybridized carbons (Fsp3) is 0.562. The summed E-state index contributed by atoms with van der Waals surface area (Å²) in [6.45, 7) is 7.33. The van der Waals surface area contributed by atoms with Crippen LogP contribution in [-0.4, -0.2) is 30.0 Å². The summed E-state index contributed by atoms with van der Waals surface area (Å²) >= 11 is 0. The SMILES string of the molecule is CCOc1cccc(N)c1C(=O)N(CC1CC1)C(C)C. The smallest absolute Gasteiger partial charge is 0.259 e. The van der Waals surface area contributed by atoms with Gasteiger partial charge in [0.1, 0.15) is 11.3 Å². The summed E-state index contributed by atoms with van der Waals surface area (Å²) in [5.74, 6) is 1.22. The first-order valence-corrected chi connectivity index (χ1v) is 7.36. The standard InChI is InChI=1S/C16H24N2O2/c1-4-20-14-7-5-6-13(17)15(14)16(19)18(11(2)3)10-12-8-9-12/h5-7,11-12H,4,8-10,17H2,1-3H3. The number of nitrogens with zero attached hydrogens (tertiary/aromatic N) is 1. The van der Waals surface area contributed by atoms with E-state index < -0.39 is 0 Å². The highest BCUT2D eigenvalue weighted by molar-refractivity contribution is 6.02. The van der Waals surface area contributed by atoms with Crippen LogP contribution in [0, 0.1) is 5.92 Å². The van der Waals surface area contributed by atoms with Crippen LogP contribution in [0.25, 0.3) is 0 Å². The molecule has 2 N–H and O–H groups in total. The minimum absolute atomic E-state index is 0.0200. The van der Waals surface area contributed by atoms with Crippen molar-refractivity contribution in [2.45, 2.75) is 39.7 Å². The molecule has 0 unspecified atom stereocenters. The number of benzene rings is 1. The Morgan fingerprint density at radius 1 is 1.45 bits per heavy atom. The monoisotopic (exact) mass is 276 g/mol. The Bertz CT molecular complexity index is 481. The van der Waals surface area contributed by atoms with Crippen molar-refractivity contribution in [1.29, 1.82) is 0 Å². The van der Waals surface area contributed by atoms with E-state index in [9.17, 15) is 4.79 Å². The summed E-state index contributed by atoms with van der Waals surface area (Å²) in [5.41, 5.74) is 7.00. The average molecular weight is 276 g/mol. The Hall–Kier alpha value is -1.71. The van der Waals surface area contributed by atoms with Gasteiger partial charge in [0, 0.05) is 18.3 Å². The molecule has 1 aliphatic carbocycles. The molecule has 1 aromatic carbocycles. The van der Waals surface area contributed by atoms with E-state index in [1.54, 1.807) is 6.07 Å². The number of rotatable bonds is 6. The summed E-state index contributed by atoms with van der Waals surface area (Å²) in [6.07, 6.45) is 2.44. The lowest BCUT2D eigenvalue weighted by Gasteiger charge is -2.28. The van der Waals surface area contributed by atoms with Gasteiger partial charge in [-0.25, -0.2) is 0 Å². The number of anilines is 1. The van der Waals surface area contributed by atoms with Crippen LogP contribution in [0.4, 0.5) is 5.69 Å². The molecule has 1 aromatic rings. The Kier molecular flexibility index (Phi) is 4.53. The molecule has 2 rings (SSSR count). The maximum absolute atomic E-state index is 12.8. The van der Waals surface area contributed by atoms with Crippen LogP contribution in [0.5, 0.6) is 5.75 Å². The first-order valence-electron chi connectivity index (χ1n) is 7.36. The van der Waals surface area contributed by atoms with Gasteiger partial charge in [0.15, 0.2) is 0 Å². The van der Waals surface area contributed by atoms with E-state index in [0.29, 0.717) is 29.5 Å². The number of hydrogen-bond donors (Lipinski definition) is 1. The topological polar surface area (TPSA) is 55.6 Å². The third-order valence-corrected chi connectivity index (χ3v) is 3.61. The lowest BCUT2D eigenvalue weighted by molar-refractivity contribution is 0.0693. The first kappa shape index (κ1) is 14.7. The second-order valence-corrected chi connectivity index (χ2v) is 5.65. The van der Waals surface area contributed by atoms with Gasteiger partial charge >= 0.3 is 0 Å². The van der Waals surface area contributed by atoms with Gasteiger partial charge in [0.25, 0.3) is 5.91 Å². The van der Waals surface area contributed by atoms with Crippen LogP contribution in [0.1, 0.15) is 44.0 Å². The highest BCUT2D eigenvalue weighted by atomic mass is 16.5. The van der Waals surface area contributed by atoms with Gasteiger partial charge in [0.2, 0.25) is 0 Å². The molecule has 1 saturated carbocycles. The highest BCUT2D eigenvalue weighted by Gasteiger charge is 2.30. The van der Waals surface area contributed by atoms with Crippen molar-refractivity contribution in [3.63, 3.8) is 0 Å². The van der Waals surface area contributed by atoms with E-state index in [1.165, 1.54) is 12.8 Å². The molecule has 4 heteroatoms. The molecular formula is C16H24N2O2. The molecule has 0 atom stereocenters. The molecule has 0 radical (unpaired) electrons. The van der Waals surface area contributed by atoms with Gasteiger partial charge in [-0.15, -0.1) is 0 Å². The molecule has 20 heavy (non-hydrogen) atoms. The van der Waals surface area contributed by atoms with Crippen molar-refractivity contribution in [1.82, 2.24) is 4.90 Å². The molecule has 0 aliphatic heterocycles. The normalized spacial score (nSPS) is 14.4. The number of nitrogen functional groups attached to an aromatic ring is 1. The zero-order valence-electron chi connectivity index (χ0n) is 12.6. The van der Waals surface area contributed by atoms with Crippen LogP contribution in [0.2, 0.25) is 0 Å². The van der Waals surface area contributed by atoms with Gasteiger partial charge < -0.3 is 15.4 Å². The third kappa shape index (κ3) is 3.24. The van der Waals surface area contributed by atoms with Gasteiger partial charge in [-0.3, -0.25) is 4.79 Å². The van der Waals surface area contributed by atoms with Crippen molar-refractivity contribution in [3.8, 4) is 5.75 Å². The number of nitrogens with two attached hydrogens (primary N) is 1. The predicted octanol–water partition coefficient (Wildman–Crippen LogP) is 2.93. The summed E-state index contributed by atoms with van der Waals surface area (Å²) < 4.78 is 5.56. The minimum Gasteiger partial charge on any atom is -0.493 e. The molecular weight excluding hydrogens is 252 g/mol. The molecule has 0 bridgehead atoms. The zero-order chi connectivity index (χ0) is 14.7. The van der Waals surface area contributed by atoms with E-state index in [-0.39, 0.29) is 11.9 Å². The van der Waals surface area contributed by atoms with Crippen LogP contribution in [-0.2, 0) is 0 Å². The predicted molar refractivity (Wildman–Crippen MR) is 80.9 cm³/mol. The molecule has 110 valence electrons. The first-order chi connectivity index (χ1) is 9.54. The van der Waals surface area contributed by atoms with Crippen LogP contribution < -0.4 is 10.5 Å². The Morgan fingerprint density at radius 2 is 2.15 bits per heavy atom. The quantitative estimate of drug-likeness (QED) is 0.813. The van der Waals surface area contributed by atoms with Crippen molar-refractivity contribution in [2.75, 3.05) is 18.9 Å². The van der Waals surface area contributed by atoms with Gasteiger partial charge in [-0.1, -0.05) is 6.07 Å². The Balaban J connectivity index is 2.29. The van der Waals surface area contributed by atoms with E-state index in [0.717, 1.165) is 6.54 Å². The average Bonchev–Trinajstić information content (AvgIpc) is 3.19. The lowest BCUT2D eigenvalue weighted by atomic mass is 10.1. The molecule has 1 fully saturated rings. The van der Waals surface area contributed by atoms with Crippen LogP contribution >= 0.6 is 0 Å². The van der Waals surface area contributed by atoms with Crippen molar-refractivity contribution >= 4 is 11.6 Å². The fourth-order valence-electron chi connectivity index (χ4n) is 2.30. The number of carbonyl (C=O) groups excluding carboxylic acids is 1.